The van der Waals surface area contributed by atoms with Gasteiger partial charge < -0.3 is 24.6 Å². The summed E-state index contributed by atoms with van der Waals surface area (Å²) in [4.78, 5) is 0. The smallest absolute Gasteiger partial charge is 0.161 e. The largest absolute Gasteiger partial charge is 0.493 e. The van der Waals surface area contributed by atoms with Gasteiger partial charge in [0.2, 0.25) is 0 Å². The minimum atomic E-state index is -0.543. The van der Waals surface area contributed by atoms with Crippen LogP contribution >= 0.6 is 0 Å². The maximum absolute atomic E-state index is 9.71. The molecule has 0 aromatic heterocycles. The number of methoxy groups -OCH3 is 1. The van der Waals surface area contributed by atoms with Crippen LogP contribution in [0.2, 0.25) is 0 Å². The monoisotopic (exact) mass is 295 g/mol. The van der Waals surface area contributed by atoms with E-state index in [0.29, 0.717) is 37.9 Å². The molecule has 0 aliphatic heterocycles. The summed E-state index contributed by atoms with van der Waals surface area (Å²) >= 11 is 0. The van der Waals surface area contributed by atoms with E-state index >= 15 is 0 Å². The lowest BCUT2D eigenvalue weighted by Crippen LogP contribution is -2.39. The third-order valence-corrected chi connectivity index (χ3v) is 2.81. The summed E-state index contributed by atoms with van der Waals surface area (Å²) in [7, 11) is 1.61. The second-order valence-corrected chi connectivity index (χ2v) is 4.75. The Morgan fingerprint density at radius 3 is 2.67 bits per heavy atom. The van der Waals surface area contributed by atoms with Crippen LogP contribution in [0.4, 0.5) is 0 Å². The molecular weight excluding hydrogens is 270 g/mol. The zero-order valence-electron chi connectivity index (χ0n) is 12.7. The van der Waals surface area contributed by atoms with Crippen LogP contribution in [0.1, 0.15) is 6.92 Å². The lowest BCUT2D eigenvalue weighted by atomic mass is 10.3. The van der Waals surface area contributed by atoms with Crippen molar-refractivity contribution in [2.24, 2.45) is 0 Å². The Kier molecular flexibility index (Phi) is 8.50. The molecular formula is C16H25NO4. The van der Waals surface area contributed by atoms with E-state index in [1.54, 1.807) is 13.2 Å². The number of hydrogen-bond acceptors (Lipinski definition) is 5. The van der Waals surface area contributed by atoms with Gasteiger partial charge in [-0.05, 0) is 19.1 Å². The van der Waals surface area contributed by atoms with E-state index in [-0.39, 0.29) is 6.04 Å². The molecule has 0 bridgehead atoms. The van der Waals surface area contributed by atoms with Gasteiger partial charge in [-0.15, -0.1) is 6.58 Å². The highest BCUT2D eigenvalue weighted by molar-refractivity contribution is 5.39. The maximum Gasteiger partial charge on any atom is 0.161 e. The molecule has 2 atom stereocenters. The fourth-order valence-electron chi connectivity index (χ4n) is 1.70. The molecule has 118 valence electrons. The minimum Gasteiger partial charge on any atom is -0.493 e. The van der Waals surface area contributed by atoms with Crippen LogP contribution in [-0.2, 0) is 4.74 Å². The lowest BCUT2D eigenvalue weighted by Gasteiger charge is -2.18. The number of nitrogens with one attached hydrogen (secondary N) is 1. The third-order valence-electron chi connectivity index (χ3n) is 2.81. The fourth-order valence-corrected chi connectivity index (χ4v) is 1.70. The molecule has 0 heterocycles. The first-order chi connectivity index (χ1) is 10.2. The highest BCUT2D eigenvalue weighted by Crippen LogP contribution is 2.25. The van der Waals surface area contributed by atoms with Gasteiger partial charge in [0, 0.05) is 12.6 Å². The molecule has 1 aromatic carbocycles. The standard InChI is InChI=1S/C16H25NO4/c1-4-9-20-12-14(18)10-17-13(2)11-21-16-8-6-5-7-15(16)19-3/h4-8,13-14,17-18H,1,9-12H2,2-3H3/t13-,14+/m0/s1. The molecule has 0 amide bonds. The summed E-state index contributed by atoms with van der Waals surface area (Å²) in [5, 5.41) is 12.9. The SMILES string of the molecule is C=CCOC[C@H](O)CN[C@@H](C)COc1ccccc1OC. The molecule has 0 aliphatic carbocycles. The molecule has 0 spiro atoms. The number of benzene rings is 1. The molecule has 0 aliphatic rings. The molecule has 0 saturated heterocycles. The van der Waals surface area contributed by atoms with Crippen molar-refractivity contribution < 1.29 is 19.3 Å². The number of ether oxygens (including phenoxy) is 3. The summed E-state index contributed by atoms with van der Waals surface area (Å²) < 4.78 is 16.1. The Morgan fingerprint density at radius 1 is 1.29 bits per heavy atom. The average molecular weight is 295 g/mol. The van der Waals surface area contributed by atoms with Gasteiger partial charge in [-0.3, -0.25) is 0 Å². The van der Waals surface area contributed by atoms with Crippen molar-refractivity contribution in [3.8, 4) is 11.5 Å². The number of aliphatic hydroxyl groups is 1. The summed E-state index contributed by atoms with van der Waals surface area (Å²) in [6, 6.07) is 7.62. The Labute approximate surface area is 126 Å². The van der Waals surface area contributed by atoms with Gasteiger partial charge in [-0.25, -0.2) is 0 Å². The predicted molar refractivity (Wildman–Crippen MR) is 83.0 cm³/mol. The number of aliphatic hydroxyl groups excluding tert-OH is 1. The van der Waals surface area contributed by atoms with Gasteiger partial charge in [0.15, 0.2) is 11.5 Å². The molecule has 2 N–H and O–H groups in total. The van der Waals surface area contributed by atoms with Gasteiger partial charge >= 0.3 is 0 Å². The van der Waals surface area contributed by atoms with E-state index in [9.17, 15) is 5.11 Å². The second kappa shape index (κ2) is 10.2. The van der Waals surface area contributed by atoms with Crippen molar-refractivity contribution in [3.05, 3.63) is 36.9 Å². The Hall–Kier alpha value is -1.56. The van der Waals surface area contributed by atoms with Gasteiger partial charge in [0.05, 0.1) is 26.4 Å². The fraction of sp³-hybridized carbons (Fsp3) is 0.500. The molecule has 0 radical (unpaired) electrons. The summed E-state index contributed by atoms with van der Waals surface area (Å²) in [6.07, 6.45) is 1.11. The Balaban J connectivity index is 2.24. The van der Waals surface area contributed by atoms with Gasteiger partial charge in [-0.1, -0.05) is 18.2 Å². The van der Waals surface area contributed by atoms with Crippen molar-refractivity contribution in [2.75, 3.05) is 33.5 Å². The molecule has 5 heteroatoms. The van der Waals surface area contributed by atoms with E-state index in [0.717, 1.165) is 0 Å². The molecule has 1 rings (SSSR count). The number of hydrogen-bond donors (Lipinski definition) is 2. The van der Waals surface area contributed by atoms with Crippen molar-refractivity contribution >= 4 is 0 Å². The van der Waals surface area contributed by atoms with Gasteiger partial charge in [-0.2, -0.15) is 0 Å². The first-order valence-electron chi connectivity index (χ1n) is 7.03. The molecule has 0 unspecified atom stereocenters. The van der Waals surface area contributed by atoms with Crippen LogP contribution in [0.15, 0.2) is 36.9 Å². The maximum atomic E-state index is 9.71. The van der Waals surface area contributed by atoms with E-state index < -0.39 is 6.10 Å². The summed E-state index contributed by atoms with van der Waals surface area (Å²) in [5.74, 6) is 1.42. The first-order valence-corrected chi connectivity index (χ1v) is 7.03. The predicted octanol–water partition coefficient (Wildman–Crippen LogP) is 1.62. The third kappa shape index (κ3) is 7.13. The first kappa shape index (κ1) is 17.5. The zero-order valence-corrected chi connectivity index (χ0v) is 12.7. The molecule has 0 fully saturated rings. The van der Waals surface area contributed by atoms with Crippen molar-refractivity contribution in [1.29, 1.82) is 0 Å². The van der Waals surface area contributed by atoms with Crippen LogP contribution < -0.4 is 14.8 Å². The van der Waals surface area contributed by atoms with Crippen LogP contribution in [0.5, 0.6) is 11.5 Å². The van der Waals surface area contributed by atoms with Crippen molar-refractivity contribution in [2.45, 2.75) is 19.1 Å². The number of para-hydroxylation sites is 2. The highest BCUT2D eigenvalue weighted by Gasteiger charge is 2.09. The summed E-state index contributed by atoms with van der Waals surface area (Å²) in [6.45, 7) is 7.22. The summed E-state index contributed by atoms with van der Waals surface area (Å²) in [5.41, 5.74) is 0. The molecule has 21 heavy (non-hydrogen) atoms. The van der Waals surface area contributed by atoms with Gasteiger partial charge in [0.25, 0.3) is 0 Å². The zero-order chi connectivity index (χ0) is 15.5. The molecule has 5 nitrogen and oxygen atoms in total. The molecule has 0 saturated carbocycles. The molecule has 1 aromatic rings. The lowest BCUT2D eigenvalue weighted by molar-refractivity contribution is 0.0472. The van der Waals surface area contributed by atoms with E-state index in [1.807, 2.05) is 31.2 Å². The van der Waals surface area contributed by atoms with E-state index in [2.05, 4.69) is 11.9 Å². The average Bonchev–Trinajstić information content (AvgIpc) is 2.51. The second-order valence-electron chi connectivity index (χ2n) is 4.75. The van der Waals surface area contributed by atoms with E-state index in [1.165, 1.54) is 0 Å². The van der Waals surface area contributed by atoms with Crippen LogP contribution in [0, 0.1) is 0 Å². The van der Waals surface area contributed by atoms with Crippen molar-refractivity contribution in [1.82, 2.24) is 5.32 Å². The Bertz CT molecular complexity index is 411. The number of rotatable bonds is 11. The highest BCUT2D eigenvalue weighted by atomic mass is 16.5. The van der Waals surface area contributed by atoms with Crippen LogP contribution in [-0.4, -0.2) is 50.7 Å². The quantitative estimate of drug-likeness (QED) is 0.480. The Morgan fingerprint density at radius 2 is 2.00 bits per heavy atom. The van der Waals surface area contributed by atoms with Crippen molar-refractivity contribution in [3.63, 3.8) is 0 Å². The van der Waals surface area contributed by atoms with Gasteiger partial charge in [0.1, 0.15) is 6.61 Å². The minimum absolute atomic E-state index is 0.101. The van der Waals surface area contributed by atoms with Crippen LogP contribution in [0.25, 0.3) is 0 Å². The van der Waals surface area contributed by atoms with Crippen LogP contribution in [0.3, 0.4) is 0 Å². The normalized spacial score (nSPS) is 13.5. The van der Waals surface area contributed by atoms with E-state index in [4.69, 9.17) is 14.2 Å². The topological polar surface area (TPSA) is 60.0 Å².